The van der Waals surface area contributed by atoms with Gasteiger partial charge in [-0.15, -0.1) is 0 Å². The first kappa shape index (κ1) is 22.5. The van der Waals surface area contributed by atoms with Gasteiger partial charge in [0.05, 0.1) is 19.0 Å². The third kappa shape index (κ3) is 7.24. The van der Waals surface area contributed by atoms with Crippen LogP contribution in [0.15, 0.2) is 23.2 Å². The lowest BCUT2D eigenvalue weighted by atomic mass is 10.1. The number of benzene rings is 1. The van der Waals surface area contributed by atoms with Crippen LogP contribution in [0.25, 0.3) is 0 Å². The van der Waals surface area contributed by atoms with Crippen LogP contribution in [-0.4, -0.2) is 45.9 Å². The molecule has 30 heavy (non-hydrogen) atoms. The molecule has 2 aliphatic rings. The Kier molecular flexibility index (Phi) is 7.65. The summed E-state index contributed by atoms with van der Waals surface area (Å²) in [4.78, 5) is 14.8. The molecule has 1 aromatic rings. The minimum atomic E-state index is -3.48. The molecular weight excluding hydrogens is 413 g/mol. The number of carbonyl (C=O) groups is 1. The van der Waals surface area contributed by atoms with Gasteiger partial charge in [-0.05, 0) is 62.6 Å². The summed E-state index contributed by atoms with van der Waals surface area (Å²) in [6.45, 7) is 2.66. The van der Waals surface area contributed by atoms with Crippen molar-refractivity contribution < 1.29 is 29.9 Å². The fourth-order valence-electron chi connectivity index (χ4n) is 2.95. The number of hydrogen-bond acceptors (Lipinski definition) is 6. The van der Waals surface area contributed by atoms with Crippen LogP contribution < -0.4 is 14.8 Å². The molecule has 1 aromatic carbocycles. The number of halogens is 1. The second-order valence-electron chi connectivity index (χ2n) is 7.68. The summed E-state index contributed by atoms with van der Waals surface area (Å²) in [6.07, 6.45) is 4.00. The van der Waals surface area contributed by atoms with E-state index in [0.29, 0.717) is 44.0 Å². The smallest absolute Gasteiger partial charge is 0.291 e. The van der Waals surface area contributed by atoms with Crippen molar-refractivity contribution in [1.29, 1.82) is 0 Å². The lowest BCUT2D eigenvalue weighted by molar-refractivity contribution is -0.117. The molecule has 1 aliphatic heterocycles. The number of sulfonamides is 1. The second-order valence-corrected chi connectivity index (χ2v) is 9.55. The van der Waals surface area contributed by atoms with E-state index in [4.69, 9.17) is 9.47 Å². The standard InChI is InChI=1S/C20H28FN3O5S.2H2/c1-14(16-7-8-17(21)18(11-16)29-13-15-5-6-15)24-30(26,27)10-4-2-3-9-28-20-22-12-19(25)23-20;;/h7-8,11,14-15,24H,2-6,9-10,12-13H2,1H3,(H,22,23,25);2*1H/t14-;;/m1../s1. The molecule has 8 nitrogen and oxygen atoms in total. The molecule has 1 saturated carbocycles. The Morgan fingerprint density at radius 3 is 2.80 bits per heavy atom. The molecule has 0 aromatic heterocycles. The molecule has 170 valence electrons. The van der Waals surface area contributed by atoms with E-state index in [0.717, 1.165) is 12.8 Å². The number of rotatable bonds is 12. The van der Waals surface area contributed by atoms with Crippen LogP contribution >= 0.6 is 0 Å². The molecule has 1 aliphatic carbocycles. The highest BCUT2D eigenvalue weighted by Crippen LogP contribution is 2.31. The molecule has 10 heteroatoms. The van der Waals surface area contributed by atoms with Gasteiger partial charge in [0.15, 0.2) is 11.6 Å². The zero-order chi connectivity index (χ0) is 21.6. The Morgan fingerprint density at radius 2 is 2.10 bits per heavy atom. The van der Waals surface area contributed by atoms with Gasteiger partial charge in [0.1, 0.15) is 6.54 Å². The van der Waals surface area contributed by atoms with Gasteiger partial charge >= 0.3 is 0 Å². The maximum Gasteiger partial charge on any atom is 0.291 e. The van der Waals surface area contributed by atoms with Crippen molar-refractivity contribution in [1.82, 2.24) is 10.0 Å². The van der Waals surface area contributed by atoms with Crippen LogP contribution in [0, 0.1) is 11.7 Å². The summed E-state index contributed by atoms with van der Waals surface area (Å²) in [6, 6.07) is 4.16. The number of amides is 1. The van der Waals surface area contributed by atoms with Gasteiger partial charge in [-0.3, -0.25) is 10.1 Å². The number of ether oxygens (including phenoxy) is 2. The van der Waals surface area contributed by atoms with Gasteiger partial charge < -0.3 is 9.47 Å². The highest BCUT2D eigenvalue weighted by atomic mass is 32.2. The summed E-state index contributed by atoms with van der Waals surface area (Å²) in [5.41, 5.74) is 0.651. The molecule has 0 saturated heterocycles. The third-order valence-electron chi connectivity index (χ3n) is 4.89. The molecule has 2 N–H and O–H groups in total. The maximum absolute atomic E-state index is 13.9. The summed E-state index contributed by atoms with van der Waals surface area (Å²) in [7, 11) is -3.48. The van der Waals surface area contributed by atoms with E-state index in [1.165, 1.54) is 6.07 Å². The van der Waals surface area contributed by atoms with Crippen LogP contribution in [0.5, 0.6) is 5.75 Å². The summed E-state index contributed by atoms with van der Waals surface area (Å²) >= 11 is 0. The van der Waals surface area contributed by atoms with Crippen LogP contribution in [-0.2, 0) is 19.6 Å². The van der Waals surface area contributed by atoms with Crippen molar-refractivity contribution in [3.05, 3.63) is 29.6 Å². The van der Waals surface area contributed by atoms with Gasteiger partial charge in [-0.2, -0.15) is 0 Å². The molecule has 3 rings (SSSR count). The highest BCUT2D eigenvalue weighted by Gasteiger charge is 2.23. The van der Waals surface area contributed by atoms with E-state index >= 15 is 0 Å². The number of amidine groups is 1. The minimum Gasteiger partial charge on any atom is -0.490 e. The predicted molar refractivity (Wildman–Crippen MR) is 114 cm³/mol. The topological polar surface area (TPSA) is 106 Å². The van der Waals surface area contributed by atoms with Crippen molar-refractivity contribution in [3.8, 4) is 5.75 Å². The first-order chi connectivity index (χ1) is 14.3. The van der Waals surface area contributed by atoms with Gasteiger partial charge in [-0.25, -0.2) is 22.5 Å². The van der Waals surface area contributed by atoms with E-state index in [9.17, 15) is 17.6 Å². The van der Waals surface area contributed by atoms with Gasteiger partial charge in [-0.1, -0.05) is 6.07 Å². The van der Waals surface area contributed by atoms with Crippen molar-refractivity contribution in [2.24, 2.45) is 10.9 Å². The molecule has 0 bridgehead atoms. The second kappa shape index (κ2) is 10.2. The molecular formula is C20H32FN3O5S. The molecule has 0 radical (unpaired) electrons. The van der Waals surface area contributed by atoms with Crippen molar-refractivity contribution >= 4 is 22.0 Å². The molecule has 1 heterocycles. The molecule has 1 fully saturated rings. The summed E-state index contributed by atoms with van der Waals surface area (Å²) in [5, 5.41) is 2.48. The molecule has 1 amide bonds. The first-order valence-corrected chi connectivity index (χ1v) is 11.9. The van der Waals surface area contributed by atoms with Crippen molar-refractivity contribution in [2.75, 3.05) is 25.5 Å². The monoisotopic (exact) mass is 445 g/mol. The molecule has 0 spiro atoms. The highest BCUT2D eigenvalue weighted by molar-refractivity contribution is 7.89. The number of hydrogen-bond donors (Lipinski definition) is 2. The van der Waals surface area contributed by atoms with E-state index in [2.05, 4.69) is 15.0 Å². The van der Waals surface area contributed by atoms with Crippen LogP contribution in [0.1, 0.15) is 53.5 Å². The van der Waals surface area contributed by atoms with Gasteiger partial charge in [0.25, 0.3) is 6.02 Å². The third-order valence-corrected chi connectivity index (χ3v) is 6.43. The zero-order valence-corrected chi connectivity index (χ0v) is 17.8. The van der Waals surface area contributed by atoms with Gasteiger partial charge in [0.2, 0.25) is 15.9 Å². The lowest BCUT2D eigenvalue weighted by Gasteiger charge is -2.16. The fourth-order valence-corrected chi connectivity index (χ4v) is 4.33. The molecule has 0 unspecified atom stereocenters. The Hall–Kier alpha value is -2.20. The average molecular weight is 446 g/mol. The Balaban J connectivity index is 0.00000256. The van der Waals surface area contributed by atoms with E-state index < -0.39 is 21.9 Å². The normalized spacial score (nSPS) is 17.4. The number of carbonyl (C=O) groups excluding carboxylic acids is 1. The fraction of sp³-hybridized carbons (Fsp3) is 0.600. The predicted octanol–water partition coefficient (Wildman–Crippen LogP) is 2.76. The number of aliphatic imine (C=N–C) groups is 1. The van der Waals surface area contributed by atoms with Crippen LogP contribution in [0.2, 0.25) is 0 Å². The minimum absolute atomic E-state index is 0. The van der Waals surface area contributed by atoms with Crippen molar-refractivity contribution in [2.45, 2.75) is 45.1 Å². The van der Waals surface area contributed by atoms with Crippen LogP contribution in [0.3, 0.4) is 0 Å². The molecule has 1 atom stereocenters. The number of nitrogens with one attached hydrogen (secondary N) is 2. The zero-order valence-electron chi connectivity index (χ0n) is 17.0. The van der Waals surface area contributed by atoms with Gasteiger partial charge in [0, 0.05) is 8.90 Å². The Bertz CT molecular complexity index is 897. The summed E-state index contributed by atoms with van der Waals surface area (Å²) in [5.74, 6) is 0.00739. The largest absolute Gasteiger partial charge is 0.490 e. The quantitative estimate of drug-likeness (QED) is 0.481. The SMILES string of the molecule is C[C@@H](NS(=O)(=O)CCCCCOC1=NCC(=O)N1)c1ccc(F)c(OCC2CC2)c1.[HH].[HH]. The number of unbranched alkanes of at least 4 members (excludes halogenated alkanes) is 2. The van der Waals surface area contributed by atoms with Crippen molar-refractivity contribution in [3.63, 3.8) is 0 Å². The lowest BCUT2D eigenvalue weighted by Crippen LogP contribution is -2.29. The summed E-state index contributed by atoms with van der Waals surface area (Å²) < 4.78 is 52.1. The Morgan fingerprint density at radius 1 is 1.30 bits per heavy atom. The number of nitrogens with zero attached hydrogens (tertiary/aromatic N) is 1. The maximum atomic E-state index is 13.9. The average Bonchev–Trinajstić information content (AvgIpc) is 3.43. The van der Waals surface area contributed by atoms with E-state index in [1.54, 1.807) is 19.1 Å². The Labute approximate surface area is 179 Å². The van der Waals surface area contributed by atoms with E-state index in [-0.39, 0.29) is 32.8 Å². The first-order valence-electron chi connectivity index (χ1n) is 10.2. The van der Waals surface area contributed by atoms with E-state index in [1.807, 2.05) is 0 Å². The van der Waals surface area contributed by atoms with Crippen LogP contribution in [0.4, 0.5) is 4.39 Å².